The van der Waals surface area contributed by atoms with Crippen LogP contribution in [0.25, 0.3) is 0 Å². The van der Waals surface area contributed by atoms with Crippen LogP contribution in [0.4, 0.5) is 0 Å². The van der Waals surface area contributed by atoms with E-state index in [9.17, 15) is 9.90 Å². The second-order valence-electron chi connectivity index (χ2n) is 7.90. The third kappa shape index (κ3) is 7.22. The first-order valence-electron chi connectivity index (χ1n) is 9.82. The quantitative estimate of drug-likeness (QED) is 0.706. The molecule has 1 N–H and O–H groups in total. The van der Waals surface area contributed by atoms with Gasteiger partial charge in [0.1, 0.15) is 0 Å². The first-order valence-corrected chi connectivity index (χ1v) is 9.82. The number of likely N-dealkylation sites (N-methyl/N-ethyl adjacent to an activating group) is 3. The number of amides is 1. The second-order valence-corrected chi connectivity index (χ2v) is 7.90. The second kappa shape index (κ2) is 10.8. The van der Waals surface area contributed by atoms with Crippen molar-refractivity contribution in [1.82, 2.24) is 14.7 Å². The summed E-state index contributed by atoms with van der Waals surface area (Å²) >= 11 is 0. The third-order valence-corrected chi connectivity index (χ3v) is 5.12. The summed E-state index contributed by atoms with van der Waals surface area (Å²) in [5.41, 5.74) is 1.07. The molecule has 1 amide bonds. The molecule has 1 aliphatic heterocycles. The highest BCUT2D eigenvalue weighted by molar-refractivity contribution is 5.81. The number of aliphatic hydroxyl groups excluding tert-OH is 1. The van der Waals surface area contributed by atoms with Gasteiger partial charge >= 0.3 is 0 Å². The molecule has 2 rings (SSSR count). The van der Waals surface area contributed by atoms with E-state index < -0.39 is 12.2 Å². The van der Waals surface area contributed by atoms with Gasteiger partial charge in [-0.2, -0.15) is 0 Å². The van der Waals surface area contributed by atoms with Crippen molar-refractivity contribution in [3.63, 3.8) is 0 Å². The molecule has 0 aliphatic carbocycles. The summed E-state index contributed by atoms with van der Waals surface area (Å²) in [7, 11) is 8.02. The molecular weight excluding hydrogens is 342 g/mol. The topological polar surface area (TPSA) is 56.2 Å². The van der Waals surface area contributed by atoms with Crippen LogP contribution in [0.5, 0.6) is 0 Å². The number of benzene rings is 1. The molecule has 1 aromatic rings. The maximum atomic E-state index is 12.8. The Labute approximate surface area is 163 Å². The van der Waals surface area contributed by atoms with Gasteiger partial charge in [0, 0.05) is 33.2 Å². The largest absolute Gasteiger partial charge is 0.390 e. The minimum Gasteiger partial charge on any atom is -0.390 e. The van der Waals surface area contributed by atoms with E-state index in [-0.39, 0.29) is 12.0 Å². The van der Waals surface area contributed by atoms with Crippen LogP contribution >= 0.6 is 0 Å². The molecule has 0 saturated carbocycles. The molecule has 1 heterocycles. The Morgan fingerprint density at radius 3 is 2.44 bits per heavy atom. The number of ether oxygens (including phenoxy) is 1. The number of aliphatic hydroxyl groups is 1. The lowest BCUT2D eigenvalue weighted by Gasteiger charge is -2.35. The molecule has 0 unspecified atom stereocenters. The van der Waals surface area contributed by atoms with Crippen molar-refractivity contribution < 1.29 is 14.6 Å². The molecule has 0 bridgehead atoms. The minimum absolute atomic E-state index is 0.0225. The van der Waals surface area contributed by atoms with Crippen molar-refractivity contribution >= 4 is 5.91 Å². The maximum Gasteiger partial charge on any atom is 0.254 e. The SMILES string of the molecule is CN(C)CCN(C)CC[C@H]1CC[C@H](O)[C@@H](C(=O)N(C)Cc2ccccc2)O1. The lowest BCUT2D eigenvalue weighted by Crippen LogP contribution is -2.49. The highest BCUT2D eigenvalue weighted by Crippen LogP contribution is 2.23. The highest BCUT2D eigenvalue weighted by atomic mass is 16.5. The molecular formula is C21H35N3O3. The fraction of sp³-hybridized carbons (Fsp3) is 0.667. The molecule has 1 saturated heterocycles. The van der Waals surface area contributed by atoms with Crippen LogP contribution in [0.1, 0.15) is 24.8 Å². The number of nitrogens with zero attached hydrogens (tertiary/aromatic N) is 3. The van der Waals surface area contributed by atoms with Gasteiger partial charge in [0.15, 0.2) is 6.10 Å². The summed E-state index contributed by atoms with van der Waals surface area (Å²) in [6, 6.07) is 9.87. The van der Waals surface area contributed by atoms with E-state index in [0.717, 1.165) is 38.0 Å². The summed E-state index contributed by atoms with van der Waals surface area (Å²) in [6.07, 6.45) is 0.830. The van der Waals surface area contributed by atoms with E-state index >= 15 is 0 Å². The van der Waals surface area contributed by atoms with Crippen LogP contribution in [-0.2, 0) is 16.1 Å². The fourth-order valence-corrected chi connectivity index (χ4v) is 3.31. The molecule has 0 radical (unpaired) electrons. The molecule has 1 aliphatic rings. The Bertz CT molecular complexity index is 567. The highest BCUT2D eigenvalue weighted by Gasteiger charge is 2.36. The number of rotatable bonds is 9. The van der Waals surface area contributed by atoms with E-state index in [1.54, 1.807) is 11.9 Å². The predicted octanol–water partition coefficient (Wildman–Crippen LogP) is 1.44. The van der Waals surface area contributed by atoms with Crippen LogP contribution < -0.4 is 0 Å². The van der Waals surface area contributed by atoms with E-state index in [1.807, 2.05) is 30.3 Å². The molecule has 152 valence electrons. The van der Waals surface area contributed by atoms with Gasteiger partial charge in [-0.1, -0.05) is 30.3 Å². The smallest absolute Gasteiger partial charge is 0.254 e. The number of carbonyl (C=O) groups excluding carboxylic acids is 1. The minimum atomic E-state index is -0.760. The Morgan fingerprint density at radius 1 is 1.07 bits per heavy atom. The van der Waals surface area contributed by atoms with Gasteiger partial charge in [-0.3, -0.25) is 4.79 Å². The summed E-state index contributed by atoms with van der Waals surface area (Å²) in [4.78, 5) is 18.9. The maximum absolute atomic E-state index is 12.8. The molecule has 3 atom stereocenters. The zero-order valence-electron chi connectivity index (χ0n) is 17.2. The van der Waals surface area contributed by atoms with Gasteiger partial charge in [-0.05, 0) is 46.0 Å². The van der Waals surface area contributed by atoms with Crippen molar-refractivity contribution in [3.05, 3.63) is 35.9 Å². The summed E-state index contributed by atoms with van der Waals surface area (Å²) in [6.45, 7) is 3.47. The van der Waals surface area contributed by atoms with E-state index in [1.165, 1.54) is 0 Å². The number of hydrogen-bond acceptors (Lipinski definition) is 5. The number of hydrogen-bond donors (Lipinski definition) is 1. The normalized spacial score (nSPS) is 23.0. The standard InChI is InChI=1S/C21H35N3O3/c1-22(2)14-15-23(3)13-12-18-10-11-19(25)20(27-18)21(26)24(4)16-17-8-6-5-7-9-17/h5-9,18-20,25H,10-16H2,1-4H3/t18-,19+,20+/m1/s1. The summed E-state index contributed by atoms with van der Waals surface area (Å²) < 4.78 is 6.02. The van der Waals surface area contributed by atoms with E-state index in [4.69, 9.17) is 4.74 Å². The Kier molecular flexibility index (Phi) is 8.70. The van der Waals surface area contributed by atoms with Crippen molar-refractivity contribution in [2.24, 2.45) is 0 Å². The monoisotopic (exact) mass is 377 g/mol. The molecule has 0 aromatic heterocycles. The van der Waals surface area contributed by atoms with E-state index in [0.29, 0.717) is 13.0 Å². The van der Waals surface area contributed by atoms with Gasteiger partial charge in [0.25, 0.3) is 5.91 Å². The molecule has 1 fully saturated rings. The predicted molar refractivity (Wildman–Crippen MR) is 107 cm³/mol. The first-order chi connectivity index (χ1) is 12.9. The fourth-order valence-electron chi connectivity index (χ4n) is 3.31. The Morgan fingerprint density at radius 2 is 1.78 bits per heavy atom. The van der Waals surface area contributed by atoms with Crippen molar-refractivity contribution in [2.45, 2.75) is 44.1 Å². The van der Waals surface area contributed by atoms with Crippen LogP contribution in [-0.4, -0.2) is 91.9 Å². The van der Waals surface area contributed by atoms with Crippen LogP contribution in [0.15, 0.2) is 30.3 Å². The molecule has 1 aromatic carbocycles. The van der Waals surface area contributed by atoms with Gasteiger partial charge < -0.3 is 24.5 Å². The molecule has 6 heteroatoms. The number of carbonyl (C=O) groups is 1. The van der Waals surface area contributed by atoms with Crippen molar-refractivity contribution in [3.8, 4) is 0 Å². The average molecular weight is 378 g/mol. The zero-order chi connectivity index (χ0) is 19.8. The lowest BCUT2D eigenvalue weighted by molar-refractivity contribution is -0.167. The first kappa shape index (κ1) is 21.8. The Balaban J connectivity index is 1.83. The molecule has 0 spiro atoms. The lowest BCUT2D eigenvalue weighted by atomic mass is 9.98. The van der Waals surface area contributed by atoms with Gasteiger partial charge in [0.2, 0.25) is 0 Å². The van der Waals surface area contributed by atoms with E-state index in [2.05, 4.69) is 30.9 Å². The summed E-state index contributed by atoms with van der Waals surface area (Å²) in [5.74, 6) is -0.142. The average Bonchev–Trinajstić information content (AvgIpc) is 2.65. The van der Waals surface area contributed by atoms with Crippen molar-refractivity contribution in [2.75, 3.05) is 47.8 Å². The zero-order valence-corrected chi connectivity index (χ0v) is 17.2. The van der Waals surface area contributed by atoms with Crippen molar-refractivity contribution in [1.29, 1.82) is 0 Å². The molecule has 27 heavy (non-hydrogen) atoms. The summed E-state index contributed by atoms with van der Waals surface area (Å²) in [5, 5.41) is 10.3. The van der Waals surface area contributed by atoms with Gasteiger partial charge in [0.05, 0.1) is 12.2 Å². The van der Waals surface area contributed by atoms with Gasteiger partial charge in [-0.25, -0.2) is 0 Å². The Hall–Kier alpha value is -1.47. The third-order valence-electron chi connectivity index (χ3n) is 5.12. The van der Waals surface area contributed by atoms with Crippen LogP contribution in [0.3, 0.4) is 0 Å². The van der Waals surface area contributed by atoms with Crippen LogP contribution in [0, 0.1) is 0 Å². The van der Waals surface area contributed by atoms with Crippen LogP contribution in [0.2, 0.25) is 0 Å². The van der Waals surface area contributed by atoms with Gasteiger partial charge in [-0.15, -0.1) is 0 Å². The molecule has 6 nitrogen and oxygen atoms in total.